The highest BCUT2D eigenvalue weighted by molar-refractivity contribution is 6.84. The van der Waals surface area contributed by atoms with Gasteiger partial charge in [0, 0.05) is 0 Å². The van der Waals surface area contributed by atoms with Crippen LogP contribution >= 0.6 is 0 Å². The molecule has 0 saturated carbocycles. The van der Waals surface area contributed by atoms with Crippen LogP contribution in [0.5, 0.6) is 0 Å². The summed E-state index contributed by atoms with van der Waals surface area (Å²) in [5.74, 6) is 0.765. The van der Waals surface area contributed by atoms with E-state index in [1.54, 1.807) is 0 Å². The molecule has 0 nitrogen and oxygen atoms in total. The molecular formula is C15H32Si. The summed E-state index contributed by atoms with van der Waals surface area (Å²) >= 11 is 0. The third kappa shape index (κ3) is 5.88. The summed E-state index contributed by atoms with van der Waals surface area (Å²) in [5, 5.41) is 0.479. The van der Waals surface area contributed by atoms with E-state index in [0.717, 1.165) is 5.92 Å². The molecule has 0 bridgehead atoms. The van der Waals surface area contributed by atoms with Gasteiger partial charge < -0.3 is 0 Å². The first kappa shape index (κ1) is 16.0. The van der Waals surface area contributed by atoms with Crippen LogP contribution in [0, 0.1) is 5.92 Å². The zero-order valence-electron chi connectivity index (χ0n) is 12.6. The Kier molecular flexibility index (Phi) is 6.62. The lowest BCUT2D eigenvalue weighted by atomic mass is 10.0. The lowest BCUT2D eigenvalue weighted by molar-refractivity contribution is 0.576. The van der Waals surface area contributed by atoms with Gasteiger partial charge in [0.05, 0.1) is 8.07 Å². The van der Waals surface area contributed by atoms with Crippen molar-refractivity contribution < 1.29 is 0 Å². The van der Waals surface area contributed by atoms with Gasteiger partial charge in [-0.15, -0.1) is 0 Å². The Morgan fingerprint density at radius 2 is 1.69 bits per heavy atom. The van der Waals surface area contributed by atoms with Crippen LogP contribution in [0.4, 0.5) is 0 Å². The molecule has 1 heteroatoms. The van der Waals surface area contributed by atoms with Gasteiger partial charge in [-0.05, 0) is 17.4 Å². The highest BCUT2D eigenvalue weighted by Gasteiger charge is 2.32. The molecule has 0 aromatic rings. The van der Waals surface area contributed by atoms with Crippen molar-refractivity contribution in [3.63, 3.8) is 0 Å². The molecule has 0 aliphatic carbocycles. The summed E-state index contributed by atoms with van der Waals surface area (Å²) in [6.45, 7) is 16.7. The summed E-state index contributed by atoms with van der Waals surface area (Å²) in [7, 11) is -1.20. The molecule has 96 valence electrons. The van der Waals surface area contributed by atoms with Gasteiger partial charge in [0.2, 0.25) is 0 Å². The zero-order chi connectivity index (χ0) is 12.8. The fraction of sp³-hybridized carbons (Fsp3) is 0.867. The fourth-order valence-corrected chi connectivity index (χ4v) is 2.78. The first-order valence-electron chi connectivity index (χ1n) is 6.90. The van der Waals surface area contributed by atoms with Gasteiger partial charge >= 0.3 is 0 Å². The van der Waals surface area contributed by atoms with E-state index in [9.17, 15) is 0 Å². The average molecular weight is 241 g/mol. The standard InChI is InChI=1S/C15H32Si/c1-8-9-10-11-14(2)12-13-16(6,7)15(3,4)5/h12-14H,8-11H2,1-7H3/b13-12+/t14-/m0/s1. The summed E-state index contributed by atoms with van der Waals surface area (Å²) in [4.78, 5) is 0. The van der Waals surface area contributed by atoms with Gasteiger partial charge in [0.25, 0.3) is 0 Å². The second kappa shape index (κ2) is 6.63. The van der Waals surface area contributed by atoms with Gasteiger partial charge in [-0.2, -0.15) is 0 Å². The Balaban J connectivity index is 4.16. The van der Waals surface area contributed by atoms with E-state index in [1.165, 1.54) is 25.7 Å². The molecular weight excluding hydrogens is 208 g/mol. The van der Waals surface area contributed by atoms with Gasteiger partial charge in [-0.25, -0.2) is 0 Å². The van der Waals surface area contributed by atoms with Gasteiger partial charge in [0.1, 0.15) is 0 Å². The Morgan fingerprint density at radius 1 is 1.12 bits per heavy atom. The van der Waals surface area contributed by atoms with E-state index in [0.29, 0.717) is 5.04 Å². The Labute approximate surface area is 105 Å². The third-order valence-electron chi connectivity index (χ3n) is 4.04. The molecule has 0 unspecified atom stereocenters. The van der Waals surface area contributed by atoms with Crippen LogP contribution < -0.4 is 0 Å². The molecule has 0 heterocycles. The third-order valence-corrected chi connectivity index (χ3v) is 8.93. The van der Waals surface area contributed by atoms with Crippen molar-refractivity contribution in [3.05, 3.63) is 11.8 Å². The number of rotatable bonds is 6. The molecule has 1 atom stereocenters. The smallest absolute Gasteiger partial charge is 0.0766 e. The maximum Gasteiger partial charge on any atom is 0.0766 e. The number of hydrogen-bond acceptors (Lipinski definition) is 0. The zero-order valence-corrected chi connectivity index (χ0v) is 13.6. The first-order valence-corrected chi connectivity index (χ1v) is 9.98. The van der Waals surface area contributed by atoms with Crippen molar-refractivity contribution in [2.75, 3.05) is 0 Å². The summed E-state index contributed by atoms with van der Waals surface area (Å²) in [5.41, 5.74) is 2.56. The lowest BCUT2D eigenvalue weighted by Crippen LogP contribution is -2.35. The molecule has 0 saturated heterocycles. The summed E-state index contributed by atoms with van der Waals surface area (Å²) in [6.07, 6.45) is 7.95. The molecule has 0 amide bonds. The van der Waals surface area contributed by atoms with Crippen molar-refractivity contribution in [1.29, 1.82) is 0 Å². The molecule has 0 N–H and O–H groups in total. The molecule has 0 aliphatic rings. The highest BCUT2D eigenvalue weighted by Crippen LogP contribution is 2.36. The minimum atomic E-state index is -1.20. The largest absolute Gasteiger partial charge is 0.0979 e. The van der Waals surface area contributed by atoms with Crippen LogP contribution in [-0.2, 0) is 0 Å². The van der Waals surface area contributed by atoms with Gasteiger partial charge in [-0.3, -0.25) is 0 Å². The van der Waals surface area contributed by atoms with Crippen molar-refractivity contribution in [3.8, 4) is 0 Å². The number of unbranched alkanes of at least 4 members (excludes halogenated alkanes) is 2. The quantitative estimate of drug-likeness (QED) is 0.406. The van der Waals surface area contributed by atoms with E-state index in [-0.39, 0.29) is 0 Å². The molecule has 0 spiro atoms. The van der Waals surface area contributed by atoms with Crippen LogP contribution in [0.25, 0.3) is 0 Å². The van der Waals surface area contributed by atoms with E-state index in [1.807, 2.05) is 0 Å². The Morgan fingerprint density at radius 3 is 2.12 bits per heavy atom. The van der Waals surface area contributed by atoms with Gasteiger partial charge in [-0.1, -0.05) is 78.8 Å². The fourth-order valence-electron chi connectivity index (χ4n) is 1.47. The Hall–Kier alpha value is -0.0431. The molecule has 0 aromatic heterocycles. The molecule has 0 radical (unpaired) electrons. The van der Waals surface area contributed by atoms with Crippen LogP contribution in [0.3, 0.4) is 0 Å². The second-order valence-electron chi connectivity index (χ2n) is 6.80. The van der Waals surface area contributed by atoms with Crippen molar-refractivity contribution in [2.24, 2.45) is 5.92 Å². The van der Waals surface area contributed by atoms with Crippen LogP contribution in [0.15, 0.2) is 11.8 Å². The predicted molar refractivity (Wildman–Crippen MR) is 79.6 cm³/mol. The van der Waals surface area contributed by atoms with Crippen molar-refractivity contribution in [2.45, 2.75) is 78.4 Å². The Bertz CT molecular complexity index is 208. The average Bonchev–Trinajstić information content (AvgIpc) is 2.13. The molecule has 0 fully saturated rings. The van der Waals surface area contributed by atoms with E-state index in [2.05, 4.69) is 59.5 Å². The first-order chi connectivity index (χ1) is 7.20. The molecule has 16 heavy (non-hydrogen) atoms. The molecule has 0 rings (SSSR count). The van der Waals surface area contributed by atoms with Crippen molar-refractivity contribution >= 4 is 8.07 Å². The van der Waals surface area contributed by atoms with Crippen LogP contribution in [0.1, 0.15) is 60.3 Å². The van der Waals surface area contributed by atoms with E-state index in [4.69, 9.17) is 0 Å². The molecule has 0 aliphatic heterocycles. The number of allylic oxidation sites excluding steroid dienone is 1. The second-order valence-corrected chi connectivity index (χ2v) is 12.1. The summed E-state index contributed by atoms with van der Waals surface area (Å²) in [6, 6.07) is 0. The maximum atomic E-state index is 2.56. The minimum absolute atomic E-state index is 0.479. The minimum Gasteiger partial charge on any atom is -0.0979 e. The SMILES string of the molecule is CCCCC[C@H](C)/C=C/[Si](C)(C)C(C)(C)C. The van der Waals surface area contributed by atoms with Gasteiger partial charge in [0.15, 0.2) is 0 Å². The topological polar surface area (TPSA) is 0 Å². The predicted octanol–water partition coefficient (Wildman–Crippen LogP) is 5.81. The highest BCUT2D eigenvalue weighted by atomic mass is 28.3. The van der Waals surface area contributed by atoms with Crippen LogP contribution in [-0.4, -0.2) is 8.07 Å². The molecule has 0 aromatic carbocycles. The normalized spacial score (nSPS) is 15.7. The van der Waals surface area contributed by atoms with E-state index >= 15 is 0 Å². The summed E-state index contributed by atoms with van der Waals surface area (Å²) < 4.78 is 0. The monoisotopic (exact) mass is 240 g/mol. The number of hydrogen-bond donors (Lipinski definition) is 0. The lowest BCUT2D eigenvalue weighted by Gasteiger charge is -2.34. The maximum absolute atomic E-state index is 2.56. The van der Waals surface area contributed by atoms with Crippen molar-refractivity contribution in [1.82, 2.24) is 0 Å². The van der Waals surface area contributed by atoms with E-state index < -0.39 is 8.07 Å². The van der Waals surface area contributed by atoms with Crippen LogP contribution in [0.2, 0.25) is 18.1 Å².